The molecular formula is C12H10O5S. The molecule has 1 fully saturated rings. The second kappa shape index (κ2) is 5.14. The SMILES string of the molecule is CCOC(=O)c1ccc(C=C2C(=O)COC2=O)s1. The van der Waals surface area contributed by atoms with Gasteiger partial charge in [-0.3, -0.25) is 4.79 Å². The molecule has 1 saturated heterocycles. The second-order valence-electron chi connectivity index (χ2n) is 3.48. The molecule has 0 aromatic carbocycles. The molecule has 1 aliphatic rings. The molecule has 6 heteroatoms. The van der Waals surface area contributed by atoms with Crippen LogP contribution < -0.4 is 0 Å². The van der Waals surface area contributed by atoms with Crippen LogP contribution in [0.5, 0.6) is 0 Å². The Morgan fingerprint density at radius 1 is 1.50 bits per heavy atom. The Morgan fingerprint density at radius 3 is 2.89 bits per heavy atom. The van der Waals surface area contributed by atoms with Crippen molar-refractivity contribution in [3.05, 3.63) is 27.5 Å². The molecule has 1 aromatic rings. The minimum absolute atomic E-state index is 0.0206. The number of carbonyl (C=O) groups excluding carboxylic acids is 3. The van der Waals surface area contributed by atoms with Gasteiger partial charge in [-0.25, -0.2) is 9.59 Å². The highest BCUT2D eigenvalue weighted by Gasteiger charge is 2.28. The van der Waals surface area contributed by atoms with Crippen molar-refractivity contribution in [3.63, 3.8) is 0 Å². The van der Waals surface area contributed by atoms with Crippen molar-refractivity contribution in [2.45, 2.75) is 6.92 Å². The molecule has 2 rings (SSSR count). The molecular weight excluding hydrogens is 256 g/mol. The molecule has 0 bridgehead atoms. The smallest absolute Gasteiger partial charge is 0.348 e. The summed E-state index contributed by atoms with van der Waals surface area (Å²) >= 11 is 1.16. The summed E-state index contributed by atoms with van der Waals surface area (Å²) in [7, 11) is 0. The van der Waals surface area contributed by atoms with E-state index in [-0.39, 0.29) is 18.0 Å². The molecule has 94 valence electrons. The van der Waals surface area contributed by atoms with Crippen LogP contribution in [0.25, 0.3) is 6.08 Å². The van der Waals surface area contributed by atoms with Crippen LogP contribution in [0.3, 0.4) is 0 Å². The standard InChI is InChI=1S/C12H10O5S/c1-2-16-12(15)10-4-3-7(18-10)5-8-9(13)6-17-11(8)14/h3-5H,2,6H2,1H3. The third-order valence-electron chi connectivity index (χ3n) is 2.24. The number of cyclic esters (lactones) is 1. The van der Waals surface area contributed by atoms with E-state index in [9.17, 15) is 14.4 Å². The van der Waals surface area contributed by atoms with E-state index in [1.807, 2.05) is 0 Å². The van der Waals surface area contributed by atoms with Gasteiger partial charge in [0.15, 0.2) is 6.61 Å². The summed E-state index contributed by atoms with van der Waals surface area (Å²) in [6, 6.07) is 3.25. The first-order valence-corrected chi connectivity index (χ1v) is 6.12. The highest BCUT2D eigenvalue weighted by atomic mass is 32.1. The molecule has 0 amide bonds. The van der Waals surface area contributed by atoms with Gasteiger partial charge in [-0.15, -0.1) is 11.3 Å². The first kappa shape index (κ1) is 12.5. The maximum absolute atomic E-state index is 11.4. The number of esters is 2. The predicted molar refractivity (Wildman–Crippen MR) is 64.2 cm³/mol. The van der Waals surface area contributed by atoms with Crippen LogP contribution in [0.4, 0.5) is 0 Å². The average molecular weight is 266 g/mol. The van der Waals surface area contributed by atoms with E-state index < -0.39 is 11.9 Å². The fourth-order valence-corrected chi connectivity index (χ4v) is 2.27. The van der Waals surface area contributed by atoms with Crippen molar-refractivity contribution >= 4 is 35.1 Å². The fourth-order valence-electron chi connectivity index (χ4n) is 1.42. The van der Waals surface area contributed by atoms with E-state index in [1.54, 1.807) is 19.1 Å². The highest BCUT2D eigenvalue weighted by Crippen LogP contribution is 2.22. The van der Waals surface area contributed by atoms with Crippen LogP contribution >= 0.6 is 11.3 Å². The van der Waals surface area contributed by atoms with E-state index in [0.717, 1.165) is 11.3 Å². The summed E-state index contributed by atoms with van der Waals surface area (Å²) in [6.45, 7) is 1.82. The zero-order valence-electron chi connectivity index (χ0n) is 9.60. The van der Waals surface area contributed by atoms with E-state index in [4.69, 9.17) is 4.74 Å². The lowest BCUT2D eigenvalue weighted by atomic mass is 10.2. The van der Waals surface area contributed by atoms with E-state index in [1.165, 1.54) is 6.08 Å². The van der Waals surface area contributed by atoms with Crippen LogP contribution in [0, 0.1) is 0 Å². The van der Waals surface area contributed by atoms with Crippen molar-refractivity contribution in [1.82, 2.24) is 0 Å². The van der Waals surface area contributed by atoms with Crippen LogP contribution in [0.15, 0.2) is 17.7 Å². The van der Waals surface area contributed by atoms with E-state index >= 15 is 0 Å². The summed E-state index contributed by atoms with van der Waals surface area (Å²) < 4.78 is 9.44. The summed E-state index contributed by atoms with van der Waals surface area (Å²) in [6.07, 6.45) is 1.44. The number of thiophene rings is 1. The number of rotatable bonds is 3. The summed E-state index contributed by atoms with van der Waals surface area (Å²) in [4.78, 5) is 35.1. The van der Waals surface area contributed by atoms with Crippen molar-refractivity contribution < 1.29 is 23.9 Å². The van der Waals surface area contributed by atoms with Gasteiger partial charge in [-0.1, -0.05) is 0 Å². The molecule has 2 heterocycles. The van der Waals surface area contributed by atoms with Gasteiger partial charge in [-0.05, 0) is 25.1 Å². The van der Waals surface area contributed by atoms with Crippen LogP contribution in [0.1, 0.15) is 21.5 Å². The summed E-state index contributed by atoms with van der Waals surface area (Å²) in [5.74, 6) is -1.37. The molecule has 1 aliphatic heterocycles. The zero-order valence-corrected chi connectivity index (χ0v) is 10.4. The maximum Gasteiger partial charge on any atom is 0.348 e. The molecule has 1 aromatic heterocycles. The van der Waals surface area contributed by atoms with Gasteiger partial charge in [0.2, 0.25) is 5.78 Å². The topological polar surface area (TPSA) is 69.7 Å². The number of hydrogen-bond acceptors (Lipinski definition) is 6. The molecule has 0 N–H and O–H groups in total. The Labute approximate surface area is 107 Å². The first-order valence-electron chi connectivity index (χ1n) is 5.30. The van der Waals surface area contributed by atoms with Gasteiger partial charge in [0.1, 0.15) is 10.5 Å². The quantitative estimate of drug-likeness (QED) is 0.470. The van der Waals surface area contributed by atoms with Gasteiger partial charge < -0.3 is 9.47 Å². The largest absolute Gasteiger partial charge is 0.462 e. The molecule has 0 radical (unpaired) electrons. The lowest BCUT2D eigenvalue weighted by molar-refractivity contribution is -0.135. The van der Waals surface area contributed by atoms with Gasteiger partial charge in [-0.2, -0.15) is 0 Å². The Kier molecular flexibility index (Phi) is 3.57. The van der Waals surface area contributed by atoms with Crippen LogP contribution in [-0.4, -0.2) is 30.9 Å². The highest BCUT2D eigenvalue weighted by molar-refractivity contribution is 7.14. The van der Waals surface area contributed by atoms with Gasteiger partial charge in [0.05, 0.1) is 6.61 Å². The minimum Gasteiger partial charge on any atom is -0.462 e. The van der Waals surface area contributed by atoms with Gasteiger partial charge in [0.25, 0.3) is 0 Å². The molecule has 0 aliphatic carbocycles. The normalized spacial score (nSPS) is 17.1. The Hall–Kier alpha value is -1.95. The van der Waals surface area contributed by atoms with Crippen molar-refractivity contribution in [1.29, 1.82) is 0 Å². The molecule has 0 spiro atoms. The van der Waals surface area contributed by atoms with Crippen molar-refractivity contribution in [3.8, 4) is 0 Å². The number of ketones is 1. The molecule has 0 unspecified atom stereocenters. The van der Waals surface area contributed by atoms with Gasteiger partial charge in [0, 0.05) is 4.88 Å². The Bertz CT molecular complexity index is 522. The summed E-state index contributed by atoms with van der Waals surface area (Å²) in [5.41, 5.74) is 0.0206. The fraction of sp³-hybridized carbons (Fsp3) is 0.250. The minimum atomic E-state index is -0.619. The monoisotopic (exact) mass is 266 g/mol. The Morgan fingerprint density at radius 2 is 2.28 bits per heavy atom. The van der Waals surface area contributed by atoms with E-state index in [2.05, 4.69) is 4.74 Å². The average Bonchev–Trinajstić information content (AvgIpc) is 2.92. The number of ether oxygens (including phenoxy) is 2. The van der Waals surface area contributed by atoms with Crippen LogP contribution in [0.2, 0.25) is 0 Å². The molecule has 18 heavy (non-hydrogen) atoms. The maximum atomic E-state index is 11.4. The molecule has 0 atom stereocenters. The third-order valence-corrected chi connectivity index (χ3v) is 3.26. The van der Waals surface area contributed by atoms with Crippen LogP contribution in [-0.2, 0) is 19.1 Å². The first-order chi connectivity index (χ1) is 8.61. The lowest BCUT2D eigenvalue weighted by Crippen LogP contribution is -2.01. The number of Topliss-reactive ketones (excluding diaryl/α,β-unsaturated/α-hetero) is 1. The lowest BCUT2D eigenvalue weighted by Gasteiger charge is -1.96. The molecule has 0 saturated carbocycles. The predicted octanol–water partition coefficient (Wildman–Crippen LogP) is 1.43. The zero-order chi connectivity index (χ0) is 13.1. The third kappa shape index (κ3) is 2.48. The number of hydrogen-bond donors (Lipinski definition) is 0. The van der Waals surface area contributed by atoms with Gasteiger partial charge >= 0.3 is 11.9 Å². The second-order valence-corrected chi connectivity index (χ2v) is 4.60. The Balaban J connectivity index is 2.21. The number of carbonyl (C=O) groups is 3. The van der Waals surface area contributed by atoms with Crippen molar-refractivity contribution in [2.24, 2.45) is 0 Å². The van der Waals surface area contributed by atoms with E-state index in [0.29, 0.717) is 16.4 Å². The summed E-state index contributed by atoms with van der Waals surface area (Å²) in [5, 5.41) is 0. The molecule has 5 nitrogen and oxygen atoms in total. The van der Waals surface area contributed by atoms with Crippen molar-refractivity contribution in [2.75, 3.05) is 13.2 Å².